The van der Waals surface area contributed by atoms with Crippen LogP contribution in [0.5, 0.6) is 5.88 Å². The van der Waals surface area contributed by atoms with Crippen molar-refractivity contribution in [3.63, 3.8) is 0 Å². The Balaban J connectivity index is 1.88. The molecule has 20 heavy (non-hydrogen) atoms. The second-order valence-electron chi connectivity index (χ2n) is 4.64. The normalized spacial score (nSPS) is 21.7. The van der Waals surface area contributed by atoms with Gasteiger partial charge in [-0.1, -0.05) is 0 Å². The number of hydrogen-bond donors (Lipinski definition) is 2. The fourth-order valence-electron chi connectivity index (χ4n) is 1.78. The molecular formula is C13H19N3O4. The first-order valence-electron chi connectivity index (χ1n) is 6.40. The van der Waals surface area contributed by atoms with E-state index in [1.165, 1.54) is 6.20 Å². The van der Waals surface area contributed by atoms with Gasteiger partial charge in [-0.15, -0.1) is 0 Å². The maximum Gasteiger partial charge on any atom is 0.246 e. The minimum atomic E-state index is -0.951. The highest BCUT2D eigenvalue weighted by atomic mass is 16.5. The van der Waals surface area contributed by atoms with Gasteiger partial charge < -0.3 is 25.3 Å². The lowest BCUT2D eigenvalue weighted by atomic mass is 9.99. The molecule has 0 aliphatic carbocycles. The number of carbonyl (C=O) groups is 1. The Morgan fingerprint density at radius 3 is 3.00 bits per heavy atom. The number of ether oxygens (including phenoxy) is 3. The van der Waals surface area contributed by atoms with Crippen LogP contribution in [0, 0.1) is 0 Å². The molecule has 2 heterocycles. The Morgan fingerprint density at radius 1 is 1.55 bits per heavy atom. The SMILES string of the molecule is COCCOc1ccc(NC(=O)C2(N)CCOC2)cn1. The second-order valence-corrected chi connectivity index (χ2v) is 4.64. The topological polar surface area (TPSA) is 95.7 Å². The number of aromatic nitrogens is 1. The van der Waals surface area contributed by atoms with Crippen molar-refractivity contribution in [1.29, 1.82) is 0 Å². The van der Waals surface area contributed by atoms with E-state index in [-0.39, 0.29) is 12.5 Å². The van der Waals surface area contributed by atoms with E-state index in [1.54, 1.807) is 19.2 Å². The second kappa shape index (κ2) is 6.65. The van der Waals surface area contributed by atoms with Crippen LogP contribution in [0.2, 0.25) is 0 Å². The summed E-state index contributed by atoms with van der Waals surface area (Å²) in [6, 6.07) is 3.39. The first-order valence-corrected chi connectivity index (χ1v) is 6.40. The quantitative estimate of drug-likeness (QED) is 0.721. The molecule has 1 aliphatic rings. The van der Waals surface area contributed by atoms with Crippen LogP contribution in [0.15, 0.2) is 18.3 Å². The van der Waals surface area contributed by atoms with E-state index in [9.17, 15) is 4.79 Å². The van der Waals surface area contributed by atoms with Crippen molar-refractivity contribution in [3.8, 4) is 5.88 Å². The first-order chi connectivity index (χ1) is 9.64. The monoisotopic (exact) mass is 281 g/mol. The Kier molecular flexibility index (Phi) is 4.89. The average molecular weight is 281 g/mol. The number of pyridine rings is 1. The lowest BCUT2D eigenvalue weighted by Gasteiger charge is -2.20. The zero-order chi connectivity index (χ0) is 14.4. The Morgan fingerprint density at radius 2 is 2.40 bits per heavy atom. The van der Waals surface area contributed by atoms with E-state index in [0.29, 0.717) is 37.8 Å². The summed E-state index contributed by atoms with van der Waals surface area (Å²) in [6.45, 7) is 1.67. The van der Waals surface area contributed by atoms with Gasteiger partial charge in [0.2, 0.25) is 11.8 Å². The number of nitrogens with two attached hydrogens (primary N) is 1. The van der Waals surface area contributed by atoms with Crippen molar-refractivity contribution < 1.29 is 19.0 Å². The third kappa shape index (κ3) is 3.66. The molecule has 1 aromatic heterocycles. The summed E-state index contributed by atoms with van der Waals surface area (Å²) in [5.74, 6) is 0.219. The number of nitrogens with zero attached hydrogens (tertiary/aromatic N) is 1. The van der Waals surface area contributed by atoms with Crippen molar-refractivity contribution >= 4 is 11.6 Å². The molecule has 1 amide bonds. The number of nitrogens with one attached hydrogen (secondary N) is 1. The molecule has 1 unspecified atom stereocenters. The van der Waals surface area contributed by atoms with Crippen molar-refractivity contribution in [1.82, 2.24) is 4.98 Å². The number of carbonyl (C=O) groups excluding carboxylic acids is 1. The number of amides is 1. The van der Waals surface area contributed by atoms with Gasteiger partial charge in [-0.2, -0.15) is 0 Å². The largest absolute Gasteiger partial charge is 0.475 e. The third-order valence-corrected chi connectivity index (χ3v) is 3.04. The van der Waals surface area contributed by atoms with Crippen LogP contribution in [0.3, 0.4) is 0 Å². The Bertz CT molecular complexity index is 443. The summed E-state index contributed by atoms with van der Waals surface area (Å²) in [7, 11) is 1.60. The summed E-state index contributed by atoms with van der Waals surface area (Å²) in [5, 5.41) is 2.73. The molecule has 1 aliphatic heterocycles. The zero-order valence-corrected chi connectivity index (χ0v) is 11.4. The van der Waals surface area contributed by atoms with Crippen LogP contribution in [0.1, 0.15) is 6.42 Å². The number of rotatable bonds is 6. The smallest absolute Gasteiger partial charge is 0.246 e. The highest BCUT2D eigenvalue weighted by molar-refractivity contribution is 5.98. The number of methoxy groups -OCH3 is 1. The Labute approximate surface area is 117 Å². The zero-order valence-electron chi connectivity index (χ0n) is 11.4. The fraction of sp³-hybridized carbons (Fsp3) is 0.538. The molecule has 1 fully saturated rings. The summed E-state index contributed by atoms with van der Waals surface area (Å²) >= 11 is 0. The standard InChI is InChI=1S/C13H19N3O4/c1-18-6-7-20-11-3-2-10(8-15-11)16-12(17)13(14)4-5-19-9-13/h2-3,8H,4-7,9,14H2,1H3,(H,16,17). The maximum absolute atomic E-state index is 12.0. The molecule has 2 rings (SSSR count). The third-order valence-electron chi connectivity index (χ3n) is 3.04. The van der Waals surface area contributed by atoms with E-state index in [2.05, 4.69) is 10.3 Å². The minimum Gasteiger partial charge on any atom is -0.475 e. The predicted molar refractivity (Wildman–Crippen MR) is 72.6 cm³/mol. The molecule has 0 saturated carbocycles. The summed E-state index contributed by atoms with van der Waals surface area (Å²) in [6.07, 6.45) is 2.05. The van der Waals surface area contributed by atoms with Gasteiger partial charge in [-0.05, 0) is 12.5 Å². The van der Waals surface area contributed by atoms with Gasteiger partial charge in [0.15, 0.2) is 0 Å². The van der Waals surface area contributed by atoms with Crippen molar-refractivity contribution in [2.75, 3.05) is 38.9 Å². The van der Waals surface area contributed by atoms with Crippen LogP contribution in [0.4, 0.5) is 5.69 Å². The van der Waals surface area contributed by atoms with Crippen molar-refractivity contribution in [2.45, 2.75) is 12.0 Å². The lowest BCUT2D eigenvalue weighted by Crippen LogP contribution is -2.51. The molecular weight excluding hydrogens is 262 g/mol. The summed E-state index contributed by atoms with van der Waals surface area (Å²) in [5.41, 5.74) is 5.59. The maximum atomic E-state index is 12.0. The van der Waals surface area contributed by atoms with E-state index < -0.39 is 5.54 Å². The van der Waals surface area contributed by atoms with Gasteiger partial charge in [-0.25, -0.2) is 4.98 Å². The molecule has 0 radical (unpaired) electrons. The fourth-order valence-corrected chi connectivity index (χ4v) is 1.78. The van der Waals surface area contributed by atoms with E-state index in [4.69, 9.17) is 19.9 Å². The van der Waals surface area contributed by atoms with Gasteiger partial charge in [0.1, 0.15) is 12.1 Å². The average Bonchev–Trinajstić information content (AvgIpc) is 2.89. The van der Waals surface area contributed by atoms with Gasteiger partial charge in [0.05, 0.1) is 25.1 Å². The molecule has 1 saturated heterocycles. The lowest BCUT2D eigenvalue weighted by molar-refractivity contribution is -0.121. The van der Waals surface area contributed by atoms with Gasteiger partial charge in [0.25, 0.3) is 0 Å². The van der Waals surface area contributed by atoms with Crippen LogP contribution < -0.4 is 15.8 Å². The van der Waals surface area contributed by atoms with Crippen LogP contribution in [-0.4, -0.2) is 50.0 Å². The highest BCUT2D eigenvalue weighted by Crippen LogP contribution is 2.19. The Hall–Kier alpha value is -1.70. The molecule has 7 heteroatoms. The van der Waals surface area contributed by atoms with Crippen molar-refractivity contribution in [2.24, 2.45) is 5.73 Å². The minimum absolute atomic E-state index is 0.241. The molecule has 1 aromatic rings. The van der Waals surface area contributed by atoms with Crippen LogP contribution in [-0.2, 0) is 14.3 Å². The molecule has 3 N–H and O–H groups in total. The van der Waals surface area contributed by atoms with Crippen LogP contribution >= 0.6 is 0 Å². The van der Waals surface area contributed by atoms with Crippen LogP contribution in [0.25, 0.3) is 0 Å². The predicted octanol–water partition coefficient (Wildman–Crippen LogP) is 0.163. The van der Waals surface area contributed by atoms with Gasteiger partial charge in [-0.3, -0.25) is 4.79 Å². The van der Waals surface area contributed by atoms with Crippen molar-refractivity contribution in [3.05, 3.63) is 18.3 Å². The number of anilines is 1. The van der Waals surface area contributed by atoms with Gasteiger partial charge in [0, 0.05) is 19.8 Å². The molecule has 0 spiro atoms. The van der Waals surface area contributed by atoms with E-state index >= 15 is 0 Å². The highest BCUT2D eigenvalue weighted by Gasteiger charge is 2.38. The molecule has 7 nitrogen and oxygen atoms in total. The molecule has 0 aromatic carbocycles. The van der Waals surface area contributed by atoms with Gasteiger partial charge >= 0.3 is 0 Å². The van der Waals surface area contributed by atoms with E-state index in [0.717, 1.165) is 0 Å². The molecule has 110 valence electrons. The summed E-state index contributed by atoms with van der Waals surface area (Å²) in [4.78, 5) is 16.1. The molecule has 1 atom stereocenters. The van der Waals surface area contributed by atoms with E-state index in [1.807, 2.05) is 0 Å². The summed E-state index contributed by atoms with van der Waals surface area (Å²) < 4.78 is 15.4. The number of hydrogen-bond acceptors (Lipinski definition) is 6. The first kappa shape index (κ1) is 14.7. The molecule has 0 bridgehead atoms.